The minimum absolute atomic E-state index is 0.0313. The summed E-state index contributed by atoms with van der Waals surface area (Å²) >= 11 is 1.54. The summed E-state index contributed by atoms with van der Waals surface area (Å²) in [5.74, 6) is 2.51. The molecule has 2 aromatic heterocycles. The monoisotopic (exact) mass is 381 g/mol. The maximum atomic E-state index is 12.0. The lowest BCUT2D eigenvalue weighted by Gasteiger charge is -2.04. The fraction of sp³-hybridized carbons (Fsp3) is 0.286. The van der Waals surface area contributed by atoms with Gasteiger partial charge in [-0.25, -0.2) is 4.98 Å². The molecule has 1 amide bonds. The molecule has 140 valence electrons. The van der Waals surface area contributed by atoms with Crippen LogP contribution in [0.3, 0.4) is 0 Å². The second-order valence-electron chi connectivity index (χ2n) is 6.34. The predicted octanol–water partition coefficient (Wildman–Crippen LogP) is 3.95. The van der Waals surface area contributed by atoms with E-state index in [-0.39, 0.29) is 5.91 Å². The first-order valence-electron chi connectivity index (χ1n) is 8.88. The van der Waals surface area contributed by atoms with Gasteiger partial charge in [0.05, 0.1) is 11.4 Å². The van der Waals surface area contributed by atoms with E-state index in [4.69, 9.17) is 4.42 Å². The van der Waals surface area contributed by atoms with Gasteiger partial charge in [-0.15, -0.1) is 11.8 Å². The number of hydrogen-bond acceptors (Lipinski definition) is 5. The maximum absolute atomic E-state index is 12.0. The van der Waals surface area contributed by atoms with E-state index in [9.17, 15) is 4.79 Å². The van der Waals surface area contributed by atoms with Gasteiger partial charge < -0.3 is 9.73 Å². The van der Waals surface area contributed by atoms with Gasteiger partial charge in [-0.05, 0) is 44.0 Å². The third kappa shape index (κ3) is 5.69. The van der Waals surface area contributed by atoms with E-state index in [2.05, 4.69) is 22.2 Å². The molecule has 5 nitrogen and oxygen atoms in total. The maximum Gasteiger partial charge on any atom is 0.230 e. The highest BCUT2D eigenvalue weighted by molar-refractivity contribution is 7.99. The lowest BCUT2D eigenvalue weighted by Crippen LogP contribution is -2.27. The number of hydrogen-bond donors (Lipinski definition) is 1. The quantitative estimate of drug-likeness (QED) is 0.640. The highest BCUT2D eigenvalue weighted by atomic mass is 32.2. The lowest BCUT2D eigenvalue weighted by molar-refractivity contribution is -0.118. The molecule has 0 unspecified atom stereocenters. The Morgan fingerprint density at radius 2 is 2.00 bits per heavy atom. The number of rotatable bonds is 8. The Morgan fingerprint density at radius 1 is 1.19 bits per heavy atom. The van der Waals surface area contributed by atoms with Crippen molar-refractivity contribution < 1.29 is 9.21 Å². The Bertz CT molecular complexity index is 876. The number of carbonyl (C=O) groups excluding carboxylic acids is 1. The fourth-order valence-electron chi connectivity index (χ4n) is 2.57. The van der Waals surface area contributed by atoms with Crippen LogP contribution in [0.1, 0.15) is 22.6 Å². The third-order valence-corrected chi connectivity index (χ3v) is 5.07. The molecule has 0 spiro atoms. The van der Waals surface area contributed by atoms with E-state index in [1.165, 1.54) is 17.3 Å². The molecule has 0 fully saturated rings. The van der Waals surface area contributed by atoms with Gasteiger partial charge in [0.2, 0.25) is 11.8 Å². The summed E-state index contributed by atoms with van der Waals surface area (Å²) in [4.78, 5) is 20.6. The summed E-state index contributed by atoms with van der Waals surface area (Å²) in [6.07, 6.45) is 4.35. The fourth-order valence-corrected chi connectivity index (χ4v) is 3.42. The van der Waals surface area contributed by atoms with Crippen LogP contribution in [0.2, 0.25) is 0 Å². The SMILES string of the molecule is Cc1ccc(-c2nc(CSCC(=O)NCCc3cccnc3)c(C)o2)cc1. The summed E-state index contributed by atoms with van der Waals surface area (Å²) in [6.45, 7) is 4.58. The van der Waals surface area contributed by atoms with Gasteiger partial charge in [0, 0.05) is 30.3 Å². The van der Waals surface area contributed by atoms with E-state index in [0.29, 0.717) is 23.9 Å². The molecule has 0 aliphatic heterocycles. The van der Waals surface area contributed by atoms with Gasteiger partial charge in [0.15, 0.2) is 0 Å². The molecule has 27 heavy (non-hydrogen) atoms. The van der Waals surface area contributed by atoms with Gasteiger partial charge in [0.1, 0.15) is 5.76 Å². The molecule has 0 aliphatic rings. The summed E-state index contributed by atoms with van der Waals surface area (Å²) in [5.41, 5.74) is 4.17. The van der Waals surface area contributed by atoms with E-state index < -0.39 is 0 Å². The molecule has 0 radical (unpaired) electrons. The number of pyridine rings is 1. The molecule has 6 heteroatoms. The number of amides is 1. The molecule has 0 aliphatic carbocycles. The molecule has 3 aromatic rings. The van der Waals surface area contributed by atoms with Crippen molar-refractivity contribution in [2.24, 2.45) is 0 Å². The summed E-state index contributed by atoms with van der Waals surface area (Å²) < 4.78 is 5.78. The van der Waals surface area contributed by atoms with E-state index in [1.54, 1.807) is 6.20 Å². The normalized spacial score (nSPS) is 10.7. The van der Waals surface area contributed by atoms with Gasteiger partial charge >= 0.3 is 0 Å². The highest BCUT2D eigenvalue weighted by Crippen LogP contribution is 2.24. The third-order valence-electron chi connectivity index (χ3n) is 4.12. The Labute approximate surface area is 163 Å². The zero-order chi connectivity index (χ0) is 19.1. The van der Waals surface area contributed by atoms with E-state index in [1.807, 2.05) is 49.5 Å². The number of nitrogens with zero attached hydrogens (tertiary/aromatic N) is 2. The van der Waals surface area contributed by atoms with Crippen LogP contribution in [0.5, 0.6) is 0 Å². The smallest absolute Gasteiger partial charge is 0.230 e. The molecule has 0 saturated carbocycles. The van der Waals surface area contributed by atoms with Crippen molar-refractivity contribution in [2.75, 3.05) is 12.3 Å². The average Bonchev–Trinajstić information content (AvgIpc) is 3.04. The molecular weight excluding hydrogens is 358 g/mol. The average molecular weight is 382 g/mol. The molecule has 0 atom stereocenters. The lowest BCUT2D eigenvalue weighted by atomic mass is 10.1. The van der Waals surface area contributed by atoms with Crippen LogP contribution in [0.25, 0.3) is 11.5 Å². The number of carbonyl (C=O) groups is 1. The minimum atomic E-state index is 0.0313. The van der Waals surface area contributed by atoms with Crippen LogP contribution >= 0.6 is 11.8 Å². The number of thioether (sulfide) groups is 1. The largest absolute Gasteiger partial charge is 0.441 e. The zero-order valence-corrected chi connectivity index (χ0v) is 16.4. The highest BCUT2D eigenvalue weighted by Gasteiger charge is 2.12. The van der Waals surface area contributed by atoms with Gasteiger partial charge in [0.25, 0.3) is 0 Å². The Morgan fingerprint density at radius 3 is 2.74 bits per heavy atom. The number of oxazole rings is 1. The summed E-state index contributed by atoms with van der Waals surface area (Å²) in [7, 11) is 0. The predicted molar refractivity (Wildman–Crippen MR) is 109 cm³/mol. The van der Waals surface area contributed by atoms with Crippen LogP contribution in [0, 0.1) is 13.8 Å². The molecule has 1 N–H and O–H groups in total. The van der Waals surface area contributed by atoms with Crippen molar-refractivity contribution in [1.82, 2.24) is 15.3 Å². The van der Waals surface area contributed by atoms with Crippen LogP contribution in [-0.2, 0) is 17.0 Å². The van der Waals surface area contributed by atoms with E-state index in [0.717, 1.165) is 29.0 Å². The second-order valence-corrected chi connectivity index (χ2v) is 7.33. The Kier molecular flexibility index (Phi) is 6.65. The molecule has 1 aromatic carbocycles. The van der Waals surface area contributed by atoms with Crippen molar-refractivity contribution in [3.63, 3.8) is 0 Å². The summed E-state index contributed by atoms with van der Waals surface area (Å²) in [5, 5.41) is 2.94. The first-order chi connectivity index (χ1) is 13.1. The van der Waals surface area contributed by atoms with Gasteiger partial charge in [-0.1, -0.05) is 23.8 Å². The topological polar surface area (TPSA) is 68.0 Å². The van der Waals surface area contributed by atoms with Crippen LogP contribution in [0.15, 0.2) is 53.2 Å². The Balaban J connectivity index is 1.43. The number of benzene rings is 1. The van der Waals surface area contributed by atoms with Crippen molar-refractivity contribution in [2.45, 2.75) is 26.0 Å². The minimum Gasteiger partial charge on any atom is -0.441 e. The van der Waals surface area contributed by atoms with Crippen molar-refractivity contribution in [1.29, 1.82) is 0 Å². The first-order valence-corrected chi connectivity index (χ1v) is 10.0. The molecule has 0 bridgehead atoms. The molecule has 3 rings (SSSR count). The standard InChI is InChI=1S/C21H23N3O2S/c1-15-5-7-18(8-6-15)21-24-19(16(2)26-21)13-27-14-20(25)23-11-9-17-4-3-10-22-12-17/h3-8,10,12H,9,11,13-14H2,1-2H3,(H,23,25). The molecular formula is C21H23N3O2S. The number of nitrogens with one attached hydrogen (secondary N) is 1. The van der Waals surface area contributed by atoms with Gasteiger partial charge in [-0.3, -0.25) is 9.78 Å². The number of aromatic nitrogens is 2. The van der Waals surface area contributed by atoms with Crippen LogP contribution in [0.4, 0.5) is 0 Å². The van der Waals surface area contributed by atoms with Crippen molar-refractivity contribution >= 4 is 17.7 Å². The molecule has 0 saturated heterocycles. The van der Waals surface area contributed by atoms with Crippen LogP contribution in [-0.4, -0.2) is 28.2 Å². The van der Waals surface area contributed by atoms with Crippen molar-refractivity contribution in [3.05, 3.63) is 71.4 Å². The van der Waals surface area contributed by atoms with Crippen molar-refractivity contribution in [3.8, 4) is 11.5 Å². The van der Waals surface area contributed by atoms with Gasteiger partial charge in [-0.2, -0.15) is 0 Å². The zero-order valence-electron chi connectivity index (χ0n) is 15.6. The summed E-state index contributed by atoms with van der Waals surface area (Å²) in [6, 6.07) is 12.0. The van der Waals surface area contributed by atoms with E-state index >= 15 is 0 Å². The Hall–Kier alpha value is -2.60. The van der Waals surface area contributed by atoms with Crippen LogP contribution < -0.4 is 5.32 Å². The molecule has 2 heterocycles. The first kappa shape index (κ1) is 19.2. The second kappa shape index (κ2) is 9.37. The number of aryl methyl sites for hydroxylation is 2.